The molecule has 1 saturated heterocycles. The van der Waals surface area contributed by atoms with Gasteiger partial charge in [-0.05, 0) is 0 Å². The van der Waals surface area contributed by atoms with Gasteiger partial charge in [-0.1, -0.05) is 0 Å². The molecule has 0 unspecified atom stereocenters. The Morgan fingerprint density at radius 3 is 3.00 bits per heavy atom. The molecule has 2 atom stereocenters. The summed E-state index contributed by atoms with van der Waals surface area (Å²) in [5.74, 6) is -1.40. The lowest BCUT2D eigenvalue weighted by Crippen LogP contribution is -2.41. The van der Waals surface area contributed by atoms with Crippen LogP contribution >= 0.6 is 11.3 Å². The van der Waals surface area contributed by atoms with Gasteiger partial charge in [0.2, 0.25) is 5.91 Å². The number of fused-ring (bicyclic) bond motifs is 1. The fraction of sp³-hybridized carbons (Fsp3) is 0.417. The van der Waals surface area contributed by atoms with Crippen LogP contribution in [0.15, 0.2) is 17.8 Å². The second-order valence-electron chi connectivity index (χ2n) is 4.79. The Kier molecular flexibility index (Phi) is 3.19. The summed E-state index contributed by atoms with van der Waals surface area (Å²) in [5, 5.41) is 20.5. The number of rotatable bonds is 3. The Hall–Kier alpha value is -1.93. The molecule has 0 aliphatic carbocycles. The van der Waals surface area contributed by atoms with Gasteiger partial charge in [0.1, 0.15) is 6.04 Å². The molecule has 0 bridgehead atoms. The third-order valence-corrected chi connectivity index (χ3v) is 4.13. The largest absolute Gasteiger partial charge is 0.480 e. The quantitative estimate of drug-likeness (QED) is 0.830. The van der Waals surface area contributed by atoms with Crippen molar-refractivity contribution >= 4 is 28.2 Å². The maximum atomic E-state index is 12.2. The van der Waals surface area contributed by atoms with Crippen molar-refractivity contribution in [2.45, 2.75) is 25.0 Å². The normalized spacial score (nSPS) is 22.6. The highest BCUT2D eigenvalue weighted by atomic mass is 32.1. The molecule has 2 aromatic rings. The van der Waals surface area contributed by atoms with Gasteiger partial charge in [-0.3, -0.25) is 9.20 Å². The van der Waals surface area contributed by atoms with Crippen molar-refractivity contribution in [2.24, 2.45) is 0 Å². The van der Waals surface area contributed by atoms with E-state index in [4.69, 9.17) is 5.11 Å². The highest BCUT2D eigenvalue weighted by Gasteiger charge is 2.38. The molecule has 106 valence electrons. The van der Waals surface area contributed by atoms with E-state index in [0.29, 0.717) is 5.69 Å². The molecule has 3 rings (SSSR count). The minimum absolute atomic E-state index is 0.0465. The standard InChI is InChI=1S/C12H13N3O4S/c16-8-4-9(11(18)19)15(6-8)10(17)3-7-5-14-1-2-20-12(14)13-7/h1-2,5,8-9,16H,3-4,6H2,(H,18,19)/t8-,9-/m1/s1. The predicted octanol–water partition coefficient (Wildman–Crippen LogP) is -0.0153. The van der Waals surface area contributed by atoms with Crippen LogP contribution in [0.4, 0.5) is 0 Å². The molecular weight excluding hydrogens is 282 g/mol. The van der Waals surface area contributed by atoms with Gasteiger partial charge >= 0.3 is 5.97 Å². The van der Waals surface area contributed by atoms with Crippen molar-refractivity contribution in [2.75, 3.05) is 6.54 Å². The van der Waals surface area contributed by atoms with Gasteiger partial charge in [0, 0.05) is 30.7 Å². The molecule has 2 N–H and O–H groups in total. The Balaban J connectivity index is 1.75. The summed E-state index contributed by atoms with van der Waals surface area (Å²) in [5.41, 5.74) is 0.604. The number of likely N-dealkylation sites (tertiary alicyclic amines) is 1. The highest BCUT2D eigenvalue weighted by Crippen LogP contribution is 2.20. The molecule has 3 heterocycles. The smallest absolute Gasteiger partial charge is 0.326 e. The maximum absolute atomic E-state index is 12.2. The number of aliphatic hydroxyl groups excluding tert-OH is 1. The van der Waals surface area contributed by atoms with Crippen molar-refractivity contribution in [1.29, 1.82) is 0 Å². The molecule has 1 amide bonds. The number of hydrogen-bond donors (Lipinski definition) is 2. The average molecular weight is 295 g/mol. The molecule has 2 aromatic heterocycles. The molecule has 1 aliphatic heterocycles. The topological polar surface area (TPSA) is 95.1 Å². The number of aliphatic hydroxyl groups is 1. The first-order valence-electron chi connectivity index (χ1n) is 6.16. The molecule has 1 aliphatic rings. The van der Waals surface area contributed by atoms with E-state index in [9.17, 15) is 14.7 Å². The van der Waals surface area contributed by atoms with Gasteiger partial charge in [0.25, 0.3) is 0 Å². The number of nitrogens with zero attached hydrogens (tertiary/aromatic N) is 3. The molecule has 0 aromatic carbocycles. The molecule has 0 saturated carbocycles. The van der Waals surface area contributed by atoms with Gasteiger partial charge in [-0.25, -0.2) is 9.78 Å². The molecule has 20 heavy (non-hydrogen) atoms. The van der Waals surface area contributed by atoms with Crippen molar-refractivity contribution in [3.63, 3.8) is 0 Å². The number of hydrogen-bond acceptors (Lipinski definition) is 5. The number of β-amino-alcohol motifs (C(OH)–C–C–N with tert-alkyl or cyclic N) is 1. The third kappa shape index (κ3) is 2.27. The van der Waals surface area contributed by atoms with E-state index in [2.05, 4.69) is 4.98 Å². The van der Waals surface area contributed by atoms with Gasteiger partial charge in [0.15, 0.2) is 4.96 Å². The molecular formula is C12H13N3O4S. The number of carbonyl (C=O) groups is 2. The number of aliphatic carboxylic acids is 1. The van der Waals surface area contributed by atoms with Crippen molar-refractivity contribution < 1.29 is 19.8 Å². The van der Waals surface area contributed by atoms with Crippen molar-refractivity contribution in [3.8, 4) is 0 Å². The van der Waals surface area contributed by atoms with E-state index in [1.54, 1.807) is 6.20 Å². The van der Waals surface area contributed by atoms with Crippen LogP contribution < -0.4 is 0 Å². The number of carbonyl (C=O) groups excluding carboxylic acids is 1. The van der Waals surface area contributed by atoms with E-state index < -0.39 is 18.1 Å². The van der Waals surface area contributed by atoms with E-state index in [-0.39, 0.29) is 25.3 Å². The van der Waals surface area contributed by atoms with Crippen molar-refractivity contribution in [3.05, 3.63) is 23.5 Å². The minimum atomic E-state index is -1.08. The fourth-order valence-corrected chi connectivity index (χ4v) is 3.16. The van der Waals surface area contributed by atoms with Gasteiger partial charge < -0.3 is 15.1 Å². The summed E-state index contributed by atoms with van der Waals surface area (Å²) in [7, 11) is 0. The van der Waals surface area contributed by atoms with E-state index in [1.165, 1.54) is 16.2 Å². The number of aromatic nitrogens is 2. The van der Waals surface area contributed by atoms with Crippen LogP contribution in [-0.2, 0) is 16.0 Å². The number of thiazole rings is 1. The van der Waals surface area contributed by atoms with Crippen LogP contribution in [0.1, 0.15) is 12.1 Å². The van der Waals surface area contributed by atoms with Crippen LogP contribution in [0.2, 0.25) is 0 Å². The molecule has 8 heteroatoms. The molecule has 7 nitrogen and oxygen atoms in total. The fourth-order valence-electron chi connectivity index (χ4n) is 2.44. The minimum Gasteiger partial charge on any atom is -0.480 e. The summed E-state index contributed by atoms with van der Waals surface area (Å²) in [4.78, 5) is 29.6. The number of carboxylic acid groups (broad SMARTS) is 1. The summed E-state index contributed by atoms with van der Waals surface area (Å²) >= 11 is 1.47. The number of carboxylic acids is 1. The van der Waals surface area contributed by atoms with Crippen LogP contribution in [0.25, 0.3) is 4.96 Å². The Labute approximate surface area is 118 Å². The number of imidazole rings is 1. The molecule has 1 fully saturated rings. The second kappa shape index (κ2) is 4.88. The van der Waals surface area contributed by atoms with Crippen LogP contribution in [0.5, 0.6) is 0 Å². The van der Waals surface area contributed by atoms with Crippen LogP contribution in [0, 0.1) is 0 Å². The lowest BCUT2D eigenvalue weighted by Gasteiger charge is -2.20. The Bertz CT molecular complexity index is 636. The summed E-state index contributed by atoms with van der Waals surface area (Å²) in [6.07, 6.45) is 2.96. The predicted molar refractivity (Wildman–Crippen MR) is 70.5 cm³/mol. The Morgan fingerprint density at radius 1 is 1.50 bits per heavy atom. The average Bonchev–Trinajstić information content (AvgIpc) is 3.02. The van der Waals surface area contributed by atoms with E-state index in [1.807, 2.05) is 16.0 Å². The maximum Gasteiger partial charge on any atom is 0.326 e. The van der Waals surface area contributed by atoms with Crippen molar-refractivity contribution in [1.82, 2.24) is 14.3 Å². The van der Waals surface area contributed by atoms with Gasteiger partial charge in [-0.15, -0.1) is 11.3 Å². The zero-order chi connectivity index (χ0) is 14.3. The van der Waals surface area contributed by atoms with Crippen LogP contribution in [0.3, 0.4) is 0 Å². The molecule has 0 radical (unpaired) electrons. The second-order valence-corrected chi connectivity index (χ2v) is 5.66. The SMILES string of the molecule is O=C(O)[C@H]1C[C@@H](O)CN1C(=O)Cc1cn2ccsc2n1. The monoisotopic (exact) mass is 295 g/mol. The van der Waals surface area contributed by atoms with Gasteiger partial charge in [-0.2, -0.15) is 0 Å². The summed E-state index contributed by atoms with van der Waals surface area (Å²) in [6, 6.07) is -0.943. The first-order valence-corrected chi connectivity index (χ1v) is 7.04. The van der Waals surface area contributed by atoms with E-state index in [0.717, 1.165) is 4.96 Å². The zero-order valence-corrected chi connectivity index (χ0v) is 11.3. The first-order chi connectivity index (χ1) is 9.54. The van der Waals surface area contributed by atoms with Gasteiger partial charge in [0.05, 0.1) is 18.2 Å². The molecule has 0 spiro atoms. The summed E-state index contributed by atoms with van der Waals surface area (Å²) in [6.45, 7) is 0.0675. The summed E-state index contributed by atoms with van der Waals surface area (Å²) < 4.78 is 1.82. The number of amides is 1. The lowest BCUT2D eigenvalue weighted by molar-refractivity contribution is -0.148. The highest BCUT2D eigenvalue weighted by molar-refractivity contribution is 7.15. The zero-order valence-electron chi connectivity index (χ0n) is 10.5. The Morgan fingerprint density at radius 2 is 2.30 bits per heavy atom. The lowest BCUT2D eigenvalue weighted by atomic mass is 10.2. The third-order valence-electron chi connectivity index (χ3n) is 3.36. The van der Waals surface area contributed by atoms with E-state index >= 15 is 0 Å². The van der Waals surface area contributed by atoms with Crippen LogP contribution in [-0.4, -0.2) is 55.1 Å². The first kappa shape index (κ1) is 13.1.